The van der Waals surface area contributed by atoms with Crippen molar-refractivity contribution >= 4 is 11.5 Å². The molecule has 0 aliphatic rings. The lowest BCUT2D eigenvalue weighted by Crippen LogP contribution is -2.10. The van der Waals surface area contributed by atoms with Crippen molar-refractivity contribution in [2.45, 2.75) is 0 Å². The van der Waals surface area contributed by atoms with Gasteiger partial charge in [0.25, 0.3) is 0 Å². The fourth-order valence-electron chi connectivity index (χ4n) is 0.864. The number of nitrogen functional groups attached to an aromatic ring is 1. The van der Waals surface area contributed by atoms with Crippen molar-refractivity contribution in [3.05, 3.63) is 42.6 Å². The molecule has 0 aromatic heterocycles. The van der Waals surface area contributed by atoms with Crippen LogP contribution in [0.2, 0.25) is 0 Å². The lowest BCUT2D eigenvalue weighted by molar-refractivity contribution is 1.42. The number of benzene rings is 1. The van der Waals surface area contributed by atoms with Crippen molar-refractivity contribution in [3.8, 4) is 0 Å². The molecule has 12 heavy (non-hydrogen) atoms. The molecule has 0 aliphatic carbocycles. The maximum absolute atomic E-state index is 7.14. The smallest absolute Gasteiger partial charge is 0.122 e. The number of hydrogen-bond donors (Lipinski definition) is 3. The average molecular weight is 161 g/mol. The fourth-order valence-corrected chi connectivity index (χ4v) is 0.864. The van der Waals surface area contributed by atoms with Crippen LogP contribution in [-0.4, -0.2) is 5.84 Å². The highest BCUT2D eigenvalue weighted by atomic mass is 14.8. The van der Waals surface area contributed by atoms with Crippen LogP contribution in [0.1, 0.15) is 5.56 Å². The van der Waals surface area contributed by atoms with E-state index < -0.39 is 0 Å². The third kappa shape index (κ3) is 1.85. The van der Waals surface area contributed by atoms with Gasteiger partial charge < -0.3 is 11.1 Å². The summed E-state index contributed by atoms with van der Waals surface area (Å²) in [6.45, 7) is 3.54. The normalized spacial score (nSPS) is 9.00. The standard InChI is InChI=1S/C9H11N3/c1-2-12-8-5-3-7(4-6-8)9(10)11/h2-6,12H,1H2,(H3,10,11). The molecule has 1 aromatic carbocycles. The van der Waals surface area contributed by atoms with E-state index in [1.165, 1.54) is 0 Å². The molecule has 0 radical (unpaired) electrons. The molecule has 0 saturated heterocycles. The van der Waals surface area contributed by atoms with E-state index in [4.69, 9.17) is 11.1 Å². The summed E-state index contributed by atoms with van der Waals surface area (Å²) in [7, 11) is 0. The summed E-state index contributed by atoms with van der Waals surface area (Å²) in [6.07, 6.45) is 1.60. The van der Waals surface area contributed by atoms with Gasteiger partial charge in [-0.05, 0) is 30.5 Å². The van der Waals surface area contributed by atoms with Crippen LogP contribution in [0.15, 0.2) is 37.0 Å². The Morgan fingerprint density at radius 3 is 2.42 bits per heavy atom. The molecule has 0 heterocycles. The van der Waals surface area contributed by atoms with Gasteiger partial charge in [-0.15, -0.1) is 0 Å². The van der Waals surface area contributed by atoms with Crippen molar-refractivity contribution in [3.63, 3.8) is 0 Å². The monoisotopic (exact) mass is 161 g/mol. The minimum Gasteiger partial charge on any atom is -0.384 e. The summed E-state index contributed by atoms with van der Waals surface area (Å²) in [4.78, 5) is 0. The second kappa shape index (κ2) is 3.57. The number of nitrogens with two attached hydrogens (primary N) is 1. The Hall–Kier alpha value is -1.77. The molecule has 0 bridgehead atoms. The Balaban J connectivity index is 2.85. The highest BCUT2D eigenvalue weighted by molar-refractivity contribution is 5.95. The van der Waals surface area contributed by atoms with Crippen molar-refractivity contribution < 1.29 is 0 Å². The van der Waals surface area contributed by atoms with Gasteiger partial charge in [0.15, 0.2) is 0 Å². The van der Waals surface area contributed by atoms with Gasteiger partial charge in [-0.2, -0.15) is 0 Å². The zero-order chi connectivity index (χ0) is 8.97. The predicted octanol–water partition coefficient (Wildman–Crippen LogP) is 1.53. The summed E-state index contributed by atoms with van der Waals surface area (Å²) in [5, 5.41) is 10.1. The molecule has 1 rings (SSSR count). The highest BCUT2D eigenvalue weighted by Crippen LogP contribution is 2.08. The first kappa shape index (κ1) is 8.33. The van der Waals surface area contributed by atoms with E-state index in [-0.39, 0.29) is 5.84 Å². The van der Waals surface area contributed by atoms with Crippen molar-refractivity contribution in [1.29, 1.82) is 5.41 Å². The largest absolute Gasteiger partial charge is 0.384 e. The lowest BCUT2D eigenvalue weighted by atomic mass is 10.2. The molecule has 0 saturated carbocycles. The molecule has 0 spiro atoms. The van der Waals surface area contributed by atoms with Crippen LogP contribution in [0.3, 0.4) is 0 Å². The second-order valence-corrected chi connectivity index (χ2v) is 2.34. The van der Waals surface area contributed by atoms with Gasteiger partial charge in [0, 0.05) is 11.3 Å². The van der Waals surface area contributed by atoms with Crippen LogP contribution < -0.4 is 11.1 Å². The Labute approximate surface area is 71.4 Å². The van der Waals surface area contributed by atoms with Gasteiger partial charge in [0.05, 0.1) is 0 Å². The summed E-state index contributed by atoms with van der Waals surface area (Å²) in [5.41, 5.74) is 6.95. The molecule has 4 N–H and O–H groups in total. The zero-order valence-electron chi connectivity index (χ0n) is 6.67. The third-order valence-corrected chi connectivity index (χ3v) is 1.46. The minimum absolute atomic E-state index is 0.0835. The maximum atomic E-state index is 7.14. The molecule has 1 aromatic rings. The van der Waals surface area contributed by atoms with E-state index in [0.29, 0.717) is 0 Å². The predicted molar refractivity (Wildman–Crippen MR) is 51.3 cm³/mol. The Morgan fingerprint density at radius 2 is 2.00 bits per heavy atom. The summed E-state index contributed by atoms with van der Waals surface area (Å²) in [6, 6.07) is 7.26. The van der Waals surface area contributed by atoms with Crippen molar-refractivity contribution in [1.82, 2.24) is 0 Å². The van der Waals surface area contributed by atoms with Crippen LogP contribution in [0, 0.1) is 5.41 Å². The van der Waals surface area contributed by atoms with Gasteiger partial charge in [0.1, 0.15) is 5.84 Å². The Morgan fingerprint density at radius 1 is 1.42 bits per heavy atom. The fraction of sp³-hybridized carbons (Fsp3) is 0. The molecule has 3 nitrogen and oxygen atoms in total. The van der Waals surface area contributed by atoms with Gasteiger partial charge >= 0.3 is 0 Å². The summed E-state index contributed by atoms with van der Waals surface area (Å²) in [5.74, 6) is 0.0835. The van der Waals surface area contributed by atoms with Crippen molar-refractivity contribution in [2.75, 3.05) is 5.32 Å². The number of rotatable bonds is 3. The Kier molecular flexibility index (Phi) is 2.48. The first-order valence-electron chi connectivity index (χ1n) is 3.56. The molecular formula is C9H11N3. The average Bonchev–Trinajstić information content (AvgIpc) is 2.06. The highest BCUT2D eigenvalue weighted by Gasteiger charge is 1.94. The van der Waals surface area contributed by atoms with Gasteiger partial charge in [-0.25, -0.2) is 0 Å². The zero-order valence-corrected chi connectivity index (χ0v) is 6.67. The summed E-state index contributed by atoms with van der Waals surface area (Å²) >= 11 is 0. The van der Waals surface area contributed by atoms with Crippen molar-refractivity contribution in [2.24, 2.45) is 5.73 Å². The quantitative estimate of drug-likeness (QED) is 0.465. The molecule has 0 amide bonds. The van der Waals surface area contributed by atoms with E-state index in [0.717, 1.165) is 11.3 Å². The molecular weight excluding hydrogens is 150 g/mol. The van der Waals surface area contributed by atoms with E-state index in [9.17, 15) is 0 Å². The third-order valence-electron chi connectivity index (χ3n) is 1.46. The number of amidine groups is 1. The number of anilines is 1. The maximum Gasteiger partial charge on any atom is 0.122 e. The van der Waals surface area contributed by atoms with Gasteiger partial charge in [-0.3, -0.25) is 5.41 Å². The molecule has 0 aliphatic heterocycles. The first-order valence-corrected chi connectivity index (χ1v) is 3.56. The SMILES string of the molecule is C=CNc1ccc(C(=N)N)cc1. The van der Waals surface area contributed by atoms with E-state index >= 15 is 0 Å². The minimum atomic E-state index is 0.0835. The van der Waals surface area contributed by atoms with Crippen LogP contribution in [-0.2, 0) is 0 Å². The van der Waals surface area contributed by atoms with Gasteiger partial charge in [0.2, 0.25) is 0 Å². The van der Waals surface area contributed by atoms with E-state index in [1.807, 2.05) is 12.1 Å². The number of hydrogen-bond acceptors (Lipinski definition) is 2. The number of nitrogens with one attached hydrogen (secondary N) is 2. The van der Waals surface area contributed by atoms with Crippen LogP contribution in [0.25, 0.3) is 0 Å². The Bertz CT molecular complexity index is 287. The van der Waals surface area contributed by atoms with Crippen LogP contribution >= 0.6 is 0 Å². The first-order chi connectivity index (χ1) is 5.74. The second-order valence-electron chi connectivity index (χ2n) is 2.34. The van der Waals surface area contributed by atoms with Gasteiger partial charge in [-0.1, -0.05) is 6.58 Å². The summed E-state index contributed by atoms with van der Waals surface area (Å²) < 4.78 is 0. The van der Waals surface area contributed by atoms with E-state index in [1.54, 1.807) is 18.3 Å². The molecule has 0 unspecified atom stereocenters. The van der Waals surface area contributed by atoms with Crippen LogP contribution in [0.5, 0.6) is 0 Å². The van der Waals surface area contributed by atoms with E-state index in [2.05, 4.69) is 11.9 Å². The van der Waals surface area contributed by atoms with Crippen LogP contribution in [0.4, 0.5) is 5.69 Å². The lowest BCUT2D eigenvalue weighted by Gasteiger charge is -2.01. The molecule has 3 heteroatoms. The molecule has 0 fully saturated rings. The molecule has 62 valence electrons. The molecule has 0 atom stereocenters. The topological polar surface area (TPSA) is 61.9 Å².